The molecule has 0 amide bonds. The van der Waals surface area contributed by atoms with Crippen LogP contribution in [-0.4, -0.2) is 0 Å². The maximum absolute atomic E-state index is 6.50. The van der Waals surface area contributed by atoms with E-state index in [1.165, 1.54) is 11.3 Å². The smallest absolute Gasteiger partial charge is 0.0645 e. The standard InChI is InChI=1S/C19H16Cl3N/c1-10-8-11(20)9-15-12-4-2-5-13(12)19(23-18(10)15)14-6-3-7-16(21)17(14)22/h2-4,6-9,12-13,19,23H,5H2,1H3/t12-,13-,19+/m1/s1. The summed E-state index contributed by atoms with van der Waals surface area (Å²) in [5.74, 6) is 0.792. The van der Waals surface area contributed by atoms with Crippen LogP contribution in [0.15, 0.2) is 42.5 Å². The first kappa shape index (κ1) is 15.4. The van der Waals surface area contributed by atoms with Crippen LogP contribution in [-0.2, 0) is 0 Å². The molecule has 118 valence electrons. The van der Waals surface area contributed by atoms with Crippen molar-refractivity contribution < 1.29 is 0 Å². The number of allylic oxidation sites excluding steroid dienone is 2. The summed E-state index contributed by atoms with van der Waals surface area (Å²) in [6.45, 7) is 2.09. The molecule has 1 nitrogen and oxygen atoms in total. The predicted molar refractivity (Wildman–Crippen MR) is 99.0 cm³/mol. The fourth-order valence-corrected chi connectivity index (χ4v) is 4.62. The van der Waals surface area contributed by atoms with E-state index in [2.05, 4.69) is 36.5 Å². The molecular weight excluding hydrogens is 349 g/mol. The molecule has 2 aromatic carbocycles. The summed E-state index contributed by atoms with van der Waals surface area (Å²) in [6, 6.07) is 10.1. The van der Waals surface area contributed by atoms with Gasteiger partial charge in [0.1, 0.15) is 0 Å². The van der Waals surface area contributed by atoms with E-state index in [0.29, 0.717) is 21.9 Å². The number of hydrogen-bond donors (Lipinski definition) is 1. The van der Waals surface area contributed by atoms with Crippen LogP contribution in [0.5, 0.6) is 0 Å². The zero-order valence-electron chi connectivity index (χ0n) is 12.6. The van der Waals surface area contributed by atoms with Crippen LogP contribution >= 0.6 is 34.8 Å². The van der Waals surface area contributed by atoms with Crippen LogP contribution in [0.3, 0.4) is 0 Å². The van der Waals surface area contributed by atoms with Crippen LogP contribution in [0.1, 0.15) is 35.1 Å². The lowest BCUT2D eigenvalue weighted by atomic mass is 9.76. The van der Waals surface area contributed by atoms with Gasteiger partial charge in [-0.05, 0) is 54.2 Å². The van der Waals surface area contributed by atoms with Crippen molar-refractivity contribution in [1.82, 2.24) is 0 Å². The Morgan fingerprint density at radius 3 is 2.74 bits per heavy atom. The highest BCUT2D eigenvalue weighted by Crippen LogP contribution is 2.52. The number of halogens is 3. The van der Waals surface area contributed by atoms with Crippen molar-refractivity contribution in [3.63, 3.8) is 0 Å². The van der Waals surface area contributed by atoms with E-state index in [1.54, 1.807) is 0 Å². The van der Waals surface area contributed by atoms with Gasteiger partial charge in [0.2, 0.25) is 0 Å². The monoisotopic (exact) mass is 363 g/mol. The zero-order valence-corrected chi connectivity index (χ0v) is 14.9. The van der Waals surface area contributed by atoms with Gasteiger partial charge >= 0.3 is 0 Å². The van der Waals surface area contributed by atoms with E-state index in [1.807, 2.05) is 18.2 Å². The Kier molecular flexibility index (Phi) is 3.84. The number of hydrogen-bond acceptors (Lipinski definition) is 1. The van der Waals surface area contributed by atoms with Gasteiger partial charge in [-0.1, -0.05) is 59.1 Å². The van der Waals surface area contributed by atoms with Gasteiger partial charge in [0.15, 0.2) is 0 Å². The molecule has 0 unspecified atom stereocenters. The van der Waals surface area contributed by atoms with Gasteiger partial charge in [-0.3, -0.25) is 0 Å². The van der Waals surface area contributed by atoms with Gasteiger partial charge in [0.05, 0.1) is 16.1 Å². The first-order valence-corrected chi connectivity index (χ1v) is 8.87. The van der Waals surface area contributed by atoms with E-state index in [4.69, 9.17) is 34.8 Å². The molecular formula is C19H16Cl3N. The highest BCUT2D eigenvalue weighted by Gasteiger charge is 2.39. The minimum atomic E-state index is 0.147. The van der Waals surface area contributed by atoms with Crippen molar-refractivity contribution in [3.8, 4) is 0 Å². The van der Waals surface area contributed by atoms with Crippen molar-refractivity contribution >= 4 is 40.5 Å². The molecule has 0 radical (unpaired) electrons. The molecule has 1 heterocycles. The fraction of sp³-hybridized carbons (Fsp3) is 0.263. The molecule has 1 N–H and O–H groups in total. The van der Waals surface area contributed by atoms with Gasteiger partial charge in [-0.15, -0.1) is 0 Å². The summed E-state index contributed by atoms with van der Waals surface area (Å²) < 4.78 is 0. The third-order valence-corrected chi connectivity index (χ3v) is 6.00. The third kappa shape index (κ3) is 2.46. The number of benzene rings is 2. The number of aryl methyl sites for hydroxylation is 1. The maximum Gasteiger partial charge on any atom is 0.0645 e. The molecule has 3 atom stereocenters. The van der Waals surface area contributed by atoms with Crippen LogP contribution < -0.4 is 5.32 Å². The Morgan fingerprint density at radius 1 is 1.09 bits per heavy atom. The predicted octanol–water partition coefficient (Wildman–Crippen LogP) is 6.78. The number of nitrogens with one attached hydrogen (secondary N) is 1. The van der Waals surface area contributed by atoms with Crippen molar-refractivity contribution in [2.75, 3.05) is 5.32 Å². The molecule has 0 bridgehead atoms. The van der Waals surface area contributed by atoms with Gasteiger partial charge in [-0.2, -0.15) is 0 Å². The largest absolute Gasteiger partial charge is 0.377 e. The Labute approximate surface area is 151 Å². The van der Waals surface area contributed by atoms with Crippen molar-refractivity contribution in [3.05, 3.63) is 74.2 Å². The normalized spacial score (nSPS) is 25.0. The van der Waals surface area contributed by atoms with Crippen LogP contribution in [0.2, 0.25) is 15.1 Å². The Hall–Kier alpha value is -1.15. The Morgan fingerprint density at radius 2 is 1.91 bits per heavy atom. The van der Waals surface area contributed by atoms with Gasteiger partial charge in [0, 0.05) is 16.6 Å². The summed E-state index contributed by atoms with van der Waals surface area (Å²) in [6.07, 6.45) is 5.58. The lowest BCUT2D eigenvalue weighted by molar-refractivity contribution is 0.425. The first-order chi connectivity index (χ1) is 11.1. The van der Waals surface area contributed by atoms with Crippen molar-refractivity contribution in [1.29, 1.82) is 0 Å². The van der Waals surface area contributed by atoms with Crippen molar-refractivity contribution in [2.24, 2.45) is 5.92 Å². The SMILES string of the molecule is Cc1cc(Cl)cc2c1N[C@H](c1cccc(Cl)c1Cl)[C@@H]1CC=C[C@@H]21. The highest BCUT2D eigenvalue weighted by molar-refractivity contribution is 6.42. The summed E-state index contributed by atoms with van der Waals surface area (Å²) in [7, 11) is 0. The molecule has 2 aromatic rings. The molecule has 4 heteroatoms. The van der Waals surface area contributed by atoms with E-state index in [9.17, 15) is 0 Å². The molecule has 1 aliphatic carbocycles. The number of rotatable bonds is 1. The molecule has 0 spiro atoms. The van der Waals surface area contributed by atoms with E-state index in [0.717, 1.165) is 22.6 Å². The lowest BCUT2D eigenvalue weighted by Crippen LogP contribution is -2.29. The van der Waals surface area contributed by atoms with Crippen LogP contribution in [0.4, 0.5) is 5.69 Å². The summed E-state index contributed by atoms with van der Waals surface area (Å²) in [4.78, 5) is 0. The molecule has 0 fully saturated rings. The number of anilines is 1. The fourth-order valence-electron chi connectivity index (χ4n) is 3.91. The minimum Gasteiger partial charge on any atom is -0.377 e. The molecule has 2 aliphatic rings. The van der Waals surface area contributed by atoms with Gasteiger partial charge in [0.25, 0.3) is 0 Å². The minimum absolute atomic E-state index is 0.147. The molecule has 0 saturated carbocycles. The third-order valence-electron chi connectivity index (χ3n) is 4.95. The topological polar surface area (TPSA) is 12.0 Å². The second-order valence-corrected chi connectivity index (χ2v) is 7.53. The Balaban J connectivity index is 1.86. The molecule has 1 aliphatic heterocycles. The zero-order chi connectivity index (χ0) is 16.1. The summed E-state index contributed by atoms with van der Waals surface area (Å²) >= 11 is 19.0. The molecule has 4 rings (SSSR count). The second-order valence-electron chi connectivity index (χ2n) is 6.31. The van der Waals surface area contributed by atoms with E-state index >= 15 is 0 Å². The summed E-state index contributed by atoms with van der Waals surface area (Å²) in [5.41, 5.74) is 4.68. The van der Waals surface area contributed by atoms with Gasteiger partial charge < -0.3 is 5.32 Å². The molecule has 23 heavy (non-hydrogen) atoms. The van der Waals surface area contributed by atoms with Crippen LogP contribution in [0, 0.1) is 12.8 Å². The quantitative estimate of drug-likeness (QED) is 0.550. The molecule has 0 aromatic heterocycles. The molecule has 0 saturated heterocycles. The van der Waals surface area contributed by atoms with E-state index < -0.39 is 0 Å². The van der Waals surface area contributed by atoms with Gasteiger partial charge in [-0.25, -0.2) is 0 Å². The maximum atomic E-state index is 6.50. The first-order valence-electron chi connectivity index (χ1n) is 7.73. The summed E-state index contributed by atoms with van der Waals surface area (Å²) in [5, 5.41) is 5.75. The van der Waals surface area contributed by atoms with E-state index in [-0.39, 0.29) is 6.04 Å². The number of fused-ring (bicyclic) bond motifs is 3. The van der Waals surface area contributed by atoms with Crippen molar-refractivity contribution in [2.45, 2.75) is 25.3 Å². The average Bonchev–Trinajstić information content (AvgIpc) is 3.00. The Bertz CT molecular complexity index is 813. The van der Waals surface area contributed by atoms with Crippen LogP contribution in [0.25, 0.3) is 0 Å². The highest BCUT2D eigenvalue weighted by atomic mass is 35.5. The average molecular weight is 365 g/mol. The second kappa shape index (κ2) is 5.73. The lowest BCUT2D eigenvalue weighted by Gasteiger charge is -2.38.